The molecule has 1 atom stereocenters. The van der Waals surface area contributed by atoms with Crippen LogP contribution in [0.25, 0.3) is 0 Å². The number of sulfonamides is 1. The Morgan fingerprint density at radius 3 is 2.30 bits per heavy atom. The smallest absolute Gasteiger partial charge is 0.308 e. The molecule has 3 aromatic rings. The zero-order valence-corrected chi connectivity index (χ0v) is 22.0. The summed E-state index contributed by atoms with van der Waals surface area (Å²) in [5.41, 5.74) is 1.02. The Hall–Kier alpha value is -3.24. The molecular weight excluding hydrogens is 539 g/mol. The Kier molecular flexibility index (Phi) is 7.99. The number of benzene rings is 3. The standard InChI is InChI=1S/C26H22Cl2N2O6S/c1-17(31)36-22-9-7-21(8-10-22)30-25(32)16-24(26(30)33)29(14-13-18-3-2-4-20(28)15-18)37(34,35)23-11-5-19(27)6-12-23/h2-12,15,24H,13-14,16H2,1H3. The molecule has 1 saturated heterocycles. The maximum absolute atomic E-state index is 13.7. The van der Waals surface area contributed by atoms with Crippen LogP contribution in [0.3, 0.4) is 0 Å². The largest absolute Gasteiger partial charge is 0.427 e. The molecule has 1 fully saturated rings. The zero-order chi connectivity index (χ0) is 26.7. The molecule has 8 nitrogen and oxygen atoms in total. The van der Waals surface area contributed by atoms with Gasteiger partial charge in [-0.2, -0.15) is 4.31 Å². The number of nitrogens with zero attached hydrogens (tertiary/aromatic N) is 2. The Morgan fingerprint density at radius 1 is 1.00 bits per heavy atom. The fourth-order valence-electron chi connectivity index (χ4n) is 4.06. The number of hydrogen-bond acceptors (Lipinski definition) is 6. The molecule has 0 radical (unpaired) electrons. The average Bonchev–Trinajstić information content (AvgIpc) is 3.13. The van der Waals surface area contributed by atoms with Gasteiger partial charge in [-0.1, -0.05) is 35.3 Å². The molecule has 11 heteroatoms. The number of esters is 1. The molecule has 0 bridgehead atoms. The molecule has 1 unspecified atom stereocenters. The Bertz CT molecular complexity index is 1440. The van der Waals surface area contributed by atoms with E-state index in [1.807, 2.05) is 0 Å². The van der Waals surface area contributed by atoms with E-state index in [0.29, 0.717) is 10.0 Å². The minimum atomic E-state index is -4.18. The van der Waals surface area contributed by atoms with E-state index < -0.39 is 33.8 Å². The third-order valence-corrected chi connectivity index (χ3v) is 8.17. The molecule has 1 aliphatic rings. The minimum Gasteiger partial charge on any atom is -0.427 e. The van der Waals surface area contributed by atoms with E-state index in [9.17, 15) is 22.8 Å². The first-order valence-corrected chi connectivity index (χ1v) is 13.4. The first kappa shape index (κ1) is 26.8. The van der Waals surface area contributed by atoms with Crippen molar-refractivity contribution >= 4 is 56.7 Å². The van der Waals surface area contributed by atoms with Crippen LogP contribution < -0.4 is 9.64 Å². The highest BCUT2D eigenvalue weighted by Gasteiger charge is 2.46. The lowest BCUT2D eigenvalue weighted by Crippen LogP contribution is -2.46. The van der Waals surface area contributed by atoms with Crippen molar-refractivity contribution in [3.05, 3.63) is 88.4 Å². The Morgan fingerprint density at radius 2 is 1.68 bits per heavy atom. The molecule has 4 rings (SSSR count). The molecule has 0 spiro atoms. The fourth-order valence-corrected chi connectivity index (χ4v) is 5.98. The number of imide groups is 1. The van der Waals surface area contributed by atoms with Crippen LogP contribution in [0.5, 0.6) is 5.75 Å². The number of carbonyl (C=O) groups excluding carboxylic acids is 3. The van der Waals surface area contributed by atoms with E-state index in [1.165, 1.54) is 55.5 Å². The van der Waals surface area contributed by atoms with Crippen LogP contribution in [0.1, 0.15) is 18.9 Å². The van der Waals surface area contributed by atoms with Gasteiger partial charge in [0.05, 0.1) is 17.0 Å². The first-order valence-electron chi connectivity index (χ1n) is 11.2. The van der Waals surface area contributed by atoms with Gasteiger partial charge in [-0.3, -0.25) is 14.4 Å². The minimum absolute atomic E-state index is 0.0487. The van der Waals surface area contributed by atoms with Crippen LogP contribution in [-0.2, 0) is 30.8 Å². The van der Waals surface area contributed by atoms with E-state index in [-0.39, 0.29) is 35.7 Å². The lowest BCUT2D eigenvalue weighted by molar-refractivity contribution is -0.132. The van der Waals surface area contributed by atoms with Crippen molar-refractivity contribution < 1.29 is 27.5 Å². The van der Waals surface area contributed by atoms with Gasteiger partial charge in [-0.25, -0.2) is 13.3 Å². The summed E-state index contributed by atoms with van der Waals surface area (Å²) in [4.78, 5) is 38.5. The monoisotopic (exact) mass is 560 g/mol. The summed E-state index contributed by atoms with van der Waals surface area (Å²) in [6.45, 7) is 1.19. The van der Waals surface area contributed by atoms with Gasteiger partial charge in [0, 0.05) is 23.5 Å². The molecule has 37 heavy (non-hydrogen) atoms. The van der Waals surface area contributed by atoms with Gasteiger partial charge in [0.2, 0.25) is 15.9 Å². The summed E-state index contributed by atoms with van der Waals surface area (Å²) in [6, 6.07) is 17.2. The van der Waals surface area contributed by atoms with Gasteiger partial charge >= 0.3 is 5.97 Å². The normalized spacial score (nSPS) is 15.9. The second-order valence-corrected chi connectivity index (χ2v) is 11.1. The van der Waals surface area contributed by atoms with Gasteiger partial charge in [-0.15, -0.1) is 0 Å². The highest BCUT2D eigenvalue weighted by Crippen LogP contribution is 2.31. The number of halogens is 2. The van der Waals surface area contributed by atoms with Crippen LogP contribution in [0.2, 0.25) is 10.0 Å². The molecule has 0 N–H and O–H groups in total. The van der Waals surface area contributed by atoms with E-state index in [4.69, 9.17) is 27.9 Å². The summed E-state index contributed by atoms with van der Waals surface area (Å²) in [7, 11) is -4.18. The summed E-state index contributed by atoms with van der Waals surface area (Å²) in [5, 5.41) is 0.861. The summed E-state index contributed by atoms with van der Waals surface area (Å²) in [5.74, 6) is -1.48. The summed E-state index contributed by atoms with van der Waals surface area (Å²) in [6.07, 6.45) is -0.0602. The number of ether oxygens (including phenoxy) is 1. The van der Waals surface area contributed by atoms with Crippen LogP contribution in [0, 0.1) is 0 Å². The van der Waals surface area contributed by atoms with Crippen molar-refractivity contribution in [3.63, 3.8) is 0 Å². The van der Waals surface area contributed by atoms with Gasteiger partial charge in [0.25, 0.3) is 5.91 Å². The van der Waals surface area contributed by atoms with Crippen molar-refractivity contribution in [1.29, 1.82) is 0 Å². The molecule has 1 heterocycles. The second-order valence-electron chi connectivity index (χ2n) is 8.32. The lowest BCUT2D eigenvalue weighted by Gasteiger charge is -2.27. The molecule has 192 valence electrons. The molecule has 0 saturated carbocycles. The van der Waals surface area contributed by atoms with Gasteiger partial charge in [0.1, 0.15) is 11.8 Å². The predicted octanol–water partition coefficient (Wildman–Crippen LogP) is 4.48. The molecule has 2 amide bonds. The van der Waals surface area contributed by atoms with Gasteiger partial charge < -0.3 is 4.74 Å². The van der Waals surface area contributed by atoms with E-state index in [2.05, 4.69) is 0 Å². The number of carbonyl (C=O) groups is 3. The maximum atomic E-state index is 13.7. The van der Waals surface area contributed by atoms with E-state index in [0.717, 1.165) is 14.8 Å². The highest BCUT2D eigenvalue weighted by molar-refractivity contribution is 7.89. The van der Waals surface area contributed by atoms with Gasteiger partial charge in [-0.05, 0) is 72.6 Å². The van der Waals surface area contributed by atoms with Crippen LogP contribution >= 0.6 is 23.2 Å². The molecule has 1 aliphatic heterocycles. The topological polar surface area (TPSA) is 101 Å². The fraction of sp³-hybridized carbons (Fsp3) is 0.192. The average molecular weight is 561 g/mol. The first-order chi connectivity index (χ1) is 17.6. The summed E-state index contributed by atoms with van der Waals surface area (Å²) >= 11 is 12.0. The number of amides is 2. The van der Waals surface area contributed by atoms with Crippen LogP contribution in [0.4, 0.5) is 5.69 Å². The van der Waals surface area contributed by atoms with Crippen molar-refractivity contribution in [3.8, 4) is 5.75 Å². The van der Waals surface area contributed by atoms with Crippen LogP contribution in [-0.4, -0.2) is 43.1 Å². The number of hydrogen-bond donors (Lipinski definition) is 0. The second kappa shape index (κ2) is 11.0. The zero-order valence-electron chi connectivity index (χ0n) is 19.6. The quantitative estimate of drug-likeness (QED) is 0.228. The SMILES string of the molecule is CC(=O)Oc1ccc(N2C(=O)CC(N(CCc3cccc(Cl)c3)S(=O)(=O)c3ccc(Cl)cc3)C2=O)cc1. The Labute approximate surface area is 224 Å². The van der Waals surface area contributed by atoms with Crippen molar-refractivity contribution in [2.45, 2.75) is 30.7 Å². The summed E-state index contributed by atoms with van der Waals surface area (Å²) < 4.78 is 33.4. The van der Waals surface area contributed by atoms with Gasteiger partial charge in [0.15, 0.2) is 0 Å². The number of anilines is 1. The van der Waals surface area contributed by atoms with Crippen molar-refractivity contribution in [2.24, 2.45) is 0 Å². The molecule has 0 aromatic heterocycles. The third-order valence-electron chi connectivity index (χ3n) is 5.76. The molecule has 3 aromatic carbocycles. The maximum Gasteiger partial charge on any atom is 0.308 e. The number of rotatable bonds is 8. The lowest BCUT2D eigenvalue weighted by atomic mass is 10.1. The third kappa shape index (κ3) is 6.02. The van der Waals surface area contributed by atoms with Crippen LogP contribution in [0.15, 0.2) is 77.7 Å². The van der Waals surface area contributed by atoms with Crippen molar-refractivity contribution in [1.82, 2.24) is 4.31 Å². The highest BCUT2D eigenvalue weighted by atomic mass is 35.5. The predicted molar refractivity (Wildman–Crippen MR) is 139 cm³/mol. The van der Waals surface area contributed by atoms with Crippen molar-refractivity contribution in [2.75, 3.05) is 11.4 Å². The Balaban J connectivity index is 1.66. The molecular formula is C26H22Cl2N2O6S. The van der Waals surface area contributed by atoms with E-state index >= 15 is 0 Å². The molecule has 0 aliphatic carbocycles. The van der Waals surface area contributed by atoms with E-state index in [1.54, 1.807) is 24.3 Å².